The molecule has 0 aliphatic rings. The summed E-state index contributed by atoms with van der Waals surface area (Å²) >= 11 is 1.47. The van der Waals surface area contributed by atoms with Gasteiger partial charge in [-0.1, -0.05) is 0 Å². The summed E-state index contributed by atoms with van der Waals surface area (Å²) in [6, 6.07) is 1.81. The molecule has 0 saturated carbocycles. The first-order valence-corrected chi connectivity index (χ1v) is 4.80. The van der Waals surface area contributed by atoms with E-state index in [-0.39, 0.29) is 6.54 Å². The molecule has 0 aliphatic carbocycles. The number of alkyl halides is 3. The van der Waals surface area contributed by atoms with E-state index in [1.54, 1.807) is 5.32 Å². The molecular formula is C8H8F3NOS. The van der Waals surface area contributed by atoms with Gasteiger partial charge in [-0.25, -0.2) is 0 Å². The predicted octanol–water partition coefficient (Wildman–Crippen LogP) is 1.97. The van der Waals surface area contributed by atoms with Gasteiger partial charge in [0, 0.05) is 6.54 Å². The second kappa shape index (κ2) is 4.45. The van der Waals surface area contributed by atoms with Crippen LogP contribution in [0.3, 0.4) is 0 Å². The summed E-state index contributed by atoms with van der Waals surface area (Å²) < 4.78 is 35.1. The standard InChI is InChI=1S/C8H8F3NOS/c9-8(10,11)7(13)12-3-1-6-2-4-14-5-6/h2,4-5H,1,3H2,(H,12,13). The summed E-state index contributed by atoms with van der Waals surface area (Å²) in [6.45, 7) is 0.00900. The molecule has 2 nitrogen and oxygen atoms in total. The van der Waals surface area contributed by atoms with Gasteiger partial charge in [0.05, 0.1) is 0 Å². The Hall–Kier alpha value is -1.04. The molecule has 1 rings (SSSR count). The van der Waals surface area contributed by atoms with Crippen molar-refractivity contribution in [2.24, 2.45) is 0 Å². The zero-order valence-corrected chi connectivity index (χ0v) is 7.91. The minimum Gasteiger partial charge on any atom is -0.348 e. The lowest BCUT2D eigenvalue weighted by Crippen LogP contribution is -2.37. The van der Waals surface area contributed by atoms with Crippen molar-refractivity contribution >= 4 is 17.2 Å². The fraction of sp³-hybridized carbons (Fsp3) is 0.375. The number of nitrogens with one attached hydrogen (secondary N) is 1. The number of halogens is 3. The Kier molecular flexibility index (Phi) is 3.51. The van der Waals surface area contributed by atoms with Gasteiger partial charge in [-0.2, -0.15) is 24.5 Å². The van der Waals surface area contributed by atoms with Gasteiger partial charge in [0.1, 0.15) is 0 Å². The monoisotopic (exact) mass is 223 g/mol. The number of amides is 1. The Morgan fingerprint density at radius 3 is 2.71 bits per heavy atom. The molecule has 0 bridgehead atoms. The Morgan fingerprint density at radius 1 is 1.50 bits per heavy atom. The third-order valence-electron chi connectivity index (χ3n) is 1.54. The molecule has 0 aliphatic heterocycles. The van der Waals surface area contributed by atoms with E-state index in [4.69, 9.17) is 0 Å². The highest BCUT2D eigenvalue weighted by Crippen LogP contribution is 2.14. The molecular weight excluding hydrogens is 215 g/mol. The normalized spacial score (nSPS) is 11.4. The van der Waals surface area contributed by atoms with E-state index in [1.807, 2.05) is 16.8 Å². The molecule has 1 heterocycles. The van der Waals surface area contributed by atoms with E-state index in [0.29, 0.717) is 6.42 Å². The van der Waals surface area contributed by atoms with Crippen LogP contribution in [0.25, 0.3) is 0 Å². The number of hydrogen-bond donors (Lipinski definition) is 1. The Balaban J connectivity index is 2.26. The van der Waals surface area contributed by atoms with Crippen LogP contribution in [-0.4, -0.2) is 18.6 Å². The third-order valence-corrected chi connectivity index (χ3v) is 2.27. The van der Waals surface area contributed by atoms with E-state index in [1.165, 1.54) is 11.3 Å². The largest absolute Gasteiger partial charge is 0.471 e. The molecule has 0 spiro atoms. The average Bonchev–Trinajstić information content (AvgIpc) is 2.55. The van der Waals surface area contributed by atoms with Crippen molar-refractivity contribution in [3.05, 3.63) is 22.4 Å². The molecule has 0 aromatic carbocycles. The summed E-state index contributed by atoms with van der Waals surface area (Å²) in [5.74, 6) is -1.88. The van der Waals surface area contributed by atoms with Crippen molar-refractivity contribution < 1.29 is 18.0 Å². The van der Waals surface area contributed by atoms with Gasteiger partial charge >= 0.3 is 12.1 Å². The van der Waals surface area contributed by atoms with Crippen LogP contribution in [0.5, 0.6) is 0 Å². The fourth-order valence-corrected chi connectivity index (χ4v) is 1.56. The molecule has 14 heavy (non-hydrogen) atoms. The van der Waals surface area contributed by atoms with Crippen LogP contribution < -0.4 is 5.32 Å². The number of carbonyl (C=O) groups excluding carboxylic acids is 1. The van der Waals surface area contributed by atoms with Crippen LogP contribution in [-0.2, 0) is 11.2 Å². The highest BCUT2D eigenvalue weighted by Gasteiger charge is 2.38. The first kappa shape index (κ1) is 11.0. The number of thiophene rings is 1. The van der Waals surface area contributed by atoms with Gasteiger partial charge in [-0.15, -0.1) is 0 Å². The fourth-order valence-electron chi connectivity index (χ4n) is 0.855. The van der Waals surface area contributed by atoms with Crippen molar-refractivity contribution in [1.82, 2.24) is 5.32 Å². The van der Waals surface area contributed by atoms with Gasteiger partial charge in [0.25, 0.3) is 0 Å². The second-order valence-corrected chi connectivity index (χ2v) is 3.42. The molecule has 78 valence electrons. The van der Waals surface area contributed by atoms with E-state index in [2.05, 4.69) is 0 Å². The highest BCUT2D eigenvalue weighted by molar-refractivity contribution is 7.07. The maximum absolute atomic E-state index is 11.7. The molecule has 0 unspecified atom stereocenters. The summed E-state index contributed by atoms with van der Waals surface area (Å²) in [7, 11) is 0. The van der Waals surface area contributed by atoms with E-state index in [9.17, 15) is 18.0 Å². The van der Waals surface area contributed by atoms with Crippen LogP contribution in [0.1, 0.15) is 5.56 Å². The van der Waals surface area contributed by atoms with Crippen molar-refractivity contribution in [2.75, 3.05) is 6.54 Å². The zero-order valence-electron chi connectivity index (χ0n) is 7.10. The topological polar surface area (TPSA) is 29.1 Å². The van der Waals surface area contributed by atoms with E-state index >= 15 is 0 Å². The van der Waals surface area contributed by atoms with Gasteiger partial charge in [-0.3, -0.25) is 4.79 Å². The lowest BCUT2D eigenvalue weighted by molar-refractivity contribution is -0.173. The summed E-state index contributed by atoms with van der Waals surface area (Å²) in [6.07, 6.45) is -4.36. The SMILES string of the molecule is O=C(NCCc1ccsc1)C(F)(F)F. The summed E-state index contributed by atoms with van der Waals surface area (Å²) in [5.41, 5.74) is 0.928. The maximum atomic E-state index is 11.7. The first-order valence-electron chi connectivity index (χ1n) is 3.86. The summed E-state index contributed by atoms with van der Waals surface area (Å²) in [4.78, 5) is 10.4. The predicted molar refractivity (Wildman–Crippen MR) is 47.1 cm³/mol. The van der Waals surface area contributed by atoms with E-state index < -0.39 is 12.1 Å². The quantitative estimate of drug-likeness (QED) is 0.834. The van der Waals surface area contributed by atoms with Gasteiger partial charge in [-0.05, 0) is 28.8 Å². The Bertz CT molecular complexity index is 294. The van der Waals surface area contributed by atoms with Crippen LogP contribution in [0.4, 0.5) is 13.2 Å². The van der Waals surface area contributed by atoms with E-state index in [0.717, 1.165) is 5.56 Å². The first-order chi connectivity index (χ1) is 6.50. The molecule has 1 aromatic heterocycles. The molecule has 6 heteroatoms. The van der Waals surface area contributed by atoms with Crippen LogP contribution in [0.2, 0.25) is 0 Å². The minimum absolute atomic E-state index is 0.00900. The van der Waals surface area contributed by atoms with Crippen molar-refractivity contribution in [2.45, 2.75) is 12.6 Å². The molecule has 1 aromatic rings. The van der Waals surface area contributed by atoms with Gasteiger partial charge in [0.15, 0.2) is 0 Å². The molecule has 1 N–H and O–H groups in total. The lowest BCUT2D eigenvalue weighted by Gasteiger charge is -2.06. The average molecular weight is 223 g/mol. The van der Waals surface area contributed by atoms with Crippen LogP contribution in [0, 0.1) is 0 Å². The maximum Gasteiger partial charge on any atom is 0.471 e. The van der Waals surface area contributed by atoms with Gasteiger partial charge < -0.3 is 5.32 Å². The molecule has 0 atom stereocenters. The second-order valence-electron chi connectivity index (χ2n) is 2.64. The molecule has 0 saturated heterocycles. The zero-order chi connectivity index (χ0) is 10.6. The van der Waals surface area contributed by atoms with Crippen molar-refractivity contribution in [3.63, 3.8) is 0 Å². The van der Waals surface area contributed by atoms with Crippen molar-refractivity contribution in [3.8, 4) is 0 Å². The van der Waals surface area contributed by atoms with Gasteiger partial charge in [0.2, 0.25) is 0 Å². The Morgan fingerprint density at radius 2 is 2.21 bits per heavy atom. The smallest absolute Gasteiger partial charge is 0.348 e. The molecule has 1 amide bonds. The molecule has 0 radical (unpaired) electrons. The highest BCUT2D eigenvalue weighted by atomic mass is 32.1. The Labute approximate surface area is 82.7 Å². The lowest BCUT2D eigenvalue weighted by atomic mass is 10.2. The third kappa shape index (κ3) is 3.37. The minimum atomic E-state index is -4.78. The number of carbonyl (C=O) groups is 1. The number of rotatable bonds is 3. The van der Waals surface area contributed by atoms with Crippen molar-refractivity contribution in [1.29, 1.82) is 0 Å². The number of hydrogen-bond acceptors (Lipinski definition) is 2. The van der Waals surface area contributed by atoms with Crippen LogP contribution in [0.15, 0.2) is 16.8 Å². The summed E-state index contributed by atoms with van der Waals surface area (Å²) in [5, 5.41) is 5.47. The molecule has 0 fully saturated rings. The van der Waals surface area contributed by atoms with Crippen LogP contribution >= 0.6 is 11.3 Å².